The largest absolute Gasteiger partial charge is 0.397 e. The normalized spacial score (nSPS) is 13.1. The molecule has 2 aromatic carbocycles. The smallest absolute Gasteiger partial charge is 0.255 e. The van der Waals surface area contributed by atoms with Crippen molar-refractivity contribution in [3.05, 3.63) is 89.6 Å². The average molecular weight is 481 g/mol. The molecule has 4 N–H and O–H groups in total. The molecule has 0 radical (unpaired) electrons. The molecule has 3 heterocycles. The van der Waals surface area contributed by atoms with E-state index in [0.717, 1.165) is 40.2 Å². The van der Waals surface area contributed by atoms with Crippen LogP contribution in [-0.2, 0) is 6.42 Å². The third-order valence-electron chi connectivity index (χ3n) is 6.17. The van der Waals surface area contributed by atoms with Gasteiger partial charge in [0.15, 0.2) is 5.13 Å². The number of nitrogens with zero attached hydrogens (tertiary/aromatic N) is 3. The summed E-state index contributed by atoms with van der Waals surface area (Å²) in [5.74, 6) is 0.643. The Morgan fingerprint density at radius 3 is 2.74 bits per heavy atom. The number of carbonyl (C=O) groups is 1. The third-order valence-corrected chi connectivity index (χ3v) is 6.93. The highest BCUT2D eigenvalue weighted by Gasteiger charge is 2.21. The number of anilines is 4. The van der Waals surface area contributed by atoms with Crippen LogP contribution < -0.4 is 16.4 Å². The lowest BCUT2D eigenvalue weighted by Gasteiger charge is -2.08. The first-order valence-corrected chi connectivity index (χ1v) is 12.5. The molecular weight excluding hydrogens is 456 g/mol. The highest BCUT2D eigenvalue weighted by Crippen LogP contribution is 2.33. The van der Waals surface area contributed by atoms with Crippen LogP contribution in [0.15, 0.2) is 78.4 Å². The topological polar surface area (TPSA) is 97.3 Å². The van der Waals surface area contributed by atoms with E-state index in [-0.39, 0.29) is 5.91 Å². The van der Waals surface area contributed by atoms with Crippen molar-refractivity contribution >= 4 is 45.1 Å². The number of pyridine rings is 1. The molecule has 0 aliphatic heterocycles. The Hall–Kier alpha value is -4.17. The van der Waals surface area contributed by atoms with E-state index >= 15 is 0 Å². The number of para-hydroxylation sites is 2. The Labute approximate surface area is 206 Å². The third kappa shape index (κ3) is 4.61. The Morgan fingerprint density at radius 1 is 1.11 bits per heavy atom. The summed E-state index contributed by atoms with van der Waals surface area (Å²) in [6.45, 7) is 0. The minimum Gasteiger partial charge on any atom is -0.397 e. The van der Waals surface area contributed by atoms with Gasteiger partial charge in [0, 0.05) is 22.8 Å². The zero-order chi connectivity index (χ0) is 23.8. The van der Waals surface area contributed by atoms with Gasteiger partial charge in [-0.25, -0.2) is 9.97 Å². The number of benzene rings is 2. The number of hydrogen-bond donors (Lipinski definition) is 3. The van der Waals surface area contributed by atoms with Gasteiger partial charge in [0.25, 0.3) is 5.91 Å². The van der Waals surface area contributed by atoms with Crippen molar-refractivity contribution < 1.29 is 4.79 Å². The van der Waals surface area contributed by atoms with Crippen LogP contribution in [0.2, 0.25) is 0 Å². The fourth-order valence-electron chi connectivity index (χ4n) is 4.08. The number of thiazole rings is 1. The summed E-state index contributed by atoms with van der Waals surface area (Å²) in [5.41, 5.74) is 12.6. The minimum absolute atomic E-state index is 0.209. The van der Waals surface area contributed by atoms with E-state index < -0.39 is 0 Å². The number of fused-ring (bicyclic) bond motifs is 1. The van der Waals surface area contributed by atoms with Crippen molar-refractivity contribution in [2.24, 2.45) is 5.92 Å². The van der Waals surface area contributed by atoms with Gasteiger partial charge in [-0.1, -0.05) is 12.1 Å². The minimum atomic E-state index is -0.209. The highest BCUT2D eigenvalue weighted by molar-refractivity contribution is 7.14. The van der Waals surface area contributed by atoms with Gasteiger partial charge in [0.2, 0.25) is 0 Å². The number of rotatable bonds is 7. The predicted octanol–water partition coefficient (Wildman–Crippen LogP) is 5.99. The van der Waals surface area contributed by atoms with Crippen molar-refractivity contribution in [2.75, 3.05) is 16.4 Å². The predicted molar refractivity (Wildman–Crippen MR) is 141 cm³/mol. The number of nitrogens with two attached hydrogens (primary N) is 1. The molecule has 174 valence electrons. The Bertz CT molecular complexity index is 1520. The molecule has 1 aliphatic rings. The lowest BCUT2D eigenvalue weighted by atomic mass is 10.1. The highest BCUT2D eigenvalue weighted by atomic mass is 32.1. The van der Waals surface area contributed by atoms with Crippen LogP contribution >= 0.6 is 11.3 Å². The standard InChI is InChI=1S/C27H24N6OS/c28-21-3-1-2-4-22(21)31-26(34)19-7-9-20(10-8-19)30-27-32-23(16-35-27)24-15-29-25-14-18(11-12-33(24)25)13-17-5-6-17/h1-4,7-12,14-17H,5-6,13,28H2,(H,30,32)(H,31,34). The molecule has 8 heteroatoms. The van der Waals surface area contributed by atoms with Crippen LogP contribution in [0.1, 0.15) is 28.8 Å². The number of aromatic nitrogens is 3. The van der Waals surface area contributed by atoms with E-state index in [4.69, 9.17) is 10.7 Å². The number of carbonyl (C=O) groups excluding carboxylic acids is 1. The van der Waals surface area contributed by atoms with Crippen LogP contribution in [0.25, 0.3) is 17.0 Å². The summed E-state index contributed by atoms with van der Waals surface area (Å²) in [5, 5.41) is 8.96. The Kier molecular flexibility index (Phi) is 5.42. The maximum atomic E-state index is 12.5. The van der Waals surface area contributed by atoms with Crippen molar-refractivity contribution in [3.63, 3.8) is 0 Å². The van der Waals surface area contributed by atoms with E-state index in [9.17, 15) is 4.79 Å². The lowest BCUT2D eigenvalue weighted by Crippen LogP contribution is -2.13. The first-order chi connectivity index (χ1) is 17.1. The zero-order valence-electron chi connectivity index (χ0n) is 18.9. The summed E-state index contributed by atoms with van der Waals surface area (Å²) in [6, 6.07) is 18.8. The molecule has 1 aliphatic carbocycles. The monoisotopic (exact) mass is 480 g/mol. The first kappa shape index (κ1) is 21.4. The summed E-state index contributed by atoms with van der Waals surface area (Å²) in [6.07, 6.45) is 7.80. The fraction of sp³-hybridized carbons (Fsp3) is 0.148. The van der Waals surface area contributed by atoms with E-state index in [1.807, 2.05) is 35.8 Å². The molecule has 0 bridgehead atoms. The summed E-state index contributed by atoms with van der Waals surface area (Å²) in [7, 11) is 0. The molecule has 0 spiro atoms. The molecule has 1 fully saturated rings. The SMILES string of the molecule is Nc1ccccc1NC(=O)c1ccc(Nc2nc(-c3cnc4cc(CC5CC5)ccn34)cs2)cc1. The first-order valence-electron chi connectivity index (χ1n) is 11.6. The van der Waals surface area contributed by atoms with E-state index in [2.05, 4.69) is 38.3 Å². The van der Waals surface area contributed by atoms with Crippen molar-refractivity contribution in [1.82, 2.24) is 14.4 Å². The van der Waals surface area contributed by atoms with Gasteiger partial charge >= 0.3 is 0 Å². The van der Waals surface area contributed by atoms with Crippen molar-refractivity contribution in [3.8, 4) is 11.4 Å². The molecule has 7 nitrogen and oxygen atoms in total. The second kappa shape index (κ2) is 8.88. The van der Waals surface area contributed by atoms with Gasteiger partial charge in [-0.2, -0.15) is 0 Å². The fourth-order valence-corrected chi connectivity index (χ4v) is 4.80. The molecular formula is C27H24N6OS. The van der Waals surface area contributed by atoms with Gasteiger partial charge in [-0.15, -0.1) is 11.3 Å². The molecule has 0 atom stereocenters. The van der Waals surface area contributed by atoms with Gasteiger partial charge in [0.1, 0.15) is 11.3 Å². The second-order valence-electron chi connectivity index (χ2n) is 8.84. The maximum Gasteiger partial charge on any atom is 0.255 e. The Morgan fingerprint density at radius 2 is 1.94 bits per heavy atom. The van der Waals surface area contributed by atoms with Crippen molar-refractivity contribution in [2.45, 2.75) is 19.3 Å². The van der Waals surface area contributed by atoms with Gasteiger partial charge in [-0.05, 0) is 79.3 Å². The molecule has 3 aromatic heterocycles. The van der Waals surface area contributed by atoms with E-state index in [1.54, 1.807) is 24.3 Å². The van der Waals surface area contributed by atoms with Crippen LogP contribution in [0.3, 0.4) is 0 Å². The summed E-state index contributed by atoms with van der Waals surface area (Å²) >= 11 is 1.53. The lowest BCUT2D eigenvalue weighted by molar-refractivity contribution is 0.102. The second-order valence-corrected chi connectivity index (χ2v) is 9.69. The van der Waals surface area contributed by atoms with Gasteiger partial charge in [-0.3, -0.25) is 9.20 Å². The number of nitrogens with one attached hydrogen (secondary N) is 2. The molecule has 5 aromatic rings. The van der Waals surface area contributed by atoms with E-state index in [0.29, 0.717) is 16.9 Å². The molecule has 1 saturated carbocycles. The summed E-state index contributed by atoms with van der Waals surface area (Å²) in [4.78, 5) is 21.9. The van der Waals surface area contributed by atoms with Crippen LogP contribution in [0, 0.1) is 5.92 Å². The molecule has 35 heavy (non-hydrogen) atoms. The van der Waals surface area contributed by atoms with Crippen LogP contribution in [0.4, 0.5) is 22.2 Å². The maximum absolute atomic E-state index is 12.5. The van der Waals surface area contributed by atoms with Crippen molar-refractivity contribution in [1.29, 1.82) is 0 Å². The van der Waals surface area contributed by atoms with Crippen LogP contribution in [0.5, 0.6) is 0 Å². The van der Waals surface area contributed by atoms with Gasteiger partial charge < -0.3 is 16.4 Å². The average Bonchev–Trinajstić information content (AvgIpc) is 3.39. The Balaban J connectivity index is 1.14. The number of hydrogen-bond acceptors (Lipinski definition) is 6. The molecule has 6 rings (SSSR count). The quantitative estimate of drug-likeness (QED) is 0.249. The van der Waals surface area contributed by atoms with Gasteiger partial charge in [0.05, 0.1) is 23.3 Å². The molecule has 0 saturated heterocycles. The number of imidazole rings is 1. The molecule has 0 unspecified atom stereocenters. The zero-order valence-corrected chi connectivity index (χ0v) is 19.8. The number of amides is 1. The van der Waals surface area contributed by atoms with Crippen LogP contribution in [-0.4, -0.2) is 20.3 Å². The number of nitrogen functional groups attached to an aromatic ring is 1. The summed E-state index contributed by atoms with van der Waals surface area (Å²) < 4.78 is 2.09. The molecule has 1 amide bonds. The van der Waals surface area contributed by atoms with E-state index in [1.165, 1.54) is 29.7 Å².